The first kappa shape index (κ1) is 16.4. The van der Waals surface area contributed by atoms with Gasteiger partial charge in [-0.2, -0.15) is 0 Å². The third-order valence-electron chi connectivity index (χ3n) is 3.98. The number of para-hydroxylation sites is 1. The van der Waals surface area contributed by atoms with Gasteiger partial charge < -0.3 is 15.2 Å². The van der Waals surface area contributed by atoms with Gasteiger partial charge in [-0.3, -0.25) is 4.79 Å². The molecule has 0 radical (unpaired) electrons. The first-order valence-corrected chi connectivity index (χ1v) is 8.46. The maximum absolute atomic E-state index is 12.7. The number of amides is 1. The summed E-state index contributed by atoms with van der Waals surface area (Å²) in [5.74, 6) is -1.02. The van der Waals surface area contributed by atoms with Crippen molar-refractivity contribution in [1.29, 1.82) is 0 Å². The highest BCUT2D eigenvalue weighted by molar-refractivity contribution is 7.11. The van der Waals surface area contributed by atoms with Gasteiger partial charge in [-0.25, -0.2) is 9.78 Å². The van der Waals surface area contributed by atoms with Crippen molar-refractivity contribution < 1.29 is 19.4 Å². The monoisotopic (exact) mass is 346 g/mol. The Hall–Kier alpha value is -2.41. The first-order valence-electron chi connectivity index (χ1n) is 7.64. The van der Waals surface area contributed by atoms with E-state index in [1.54, 1.807) is 29.7 Å². The van der Waals surface area contributed by atoms with Crippen molar-refractivity contribution >= 4 is 23.2 Å². The summed E-state index contributed by atoms with van der Waals surface area (Å²) >= 11 is 1.57. The number of aryl methyl sites for hydroxylation is 1. The number of carboxylic acids is 1. The number of thiazole rings is 1. The molecule has 24 heavy (non-hydrogen) atoms. The molecule has 1 amide bonds. The minimum atomic E-state index is -1.13. The van der Waals surface area contributed by atoms with Crippen molar-refractivity contribution in [2.75, 3.05) is 7.11 Å². The largest absolute Gasteiger partial charge is 0.495 e. The van der Waals surface area contributed by atoms with Crippen molar-refractivity contribution in [3.63, 3.8) is 0 Å². The Kier molecular flexibility index (Phi) is 4.53. The second kappa shape index (κ2) is 6.60. The van der Waals surface area contributed by atoms with E-state index >= 15 is 0 Å². The van der Waals surface area contributed by atoms with E-state index in [2.05, 4.69) is 10.3 Å². The smallest absolute Gasteiger partial charge is 0.339 e. The van der Waals surface area contributed by atoms with Crippen molar-refractivity contribution in [1.82, 2.24) is 10.3 Å². The molecule has 1 aliphatic carbocycles. The third-order valence-corrected chi connectivity index (χ3v) is 4.98. The predicted octanol–water partition coefficient (Wildman–Crippen LogP) is 3.04. The maximum atomic E-state index is 12.7. The molecule has 0 saturated heterocycles. The standard InChI is InChI=1S/C17H18N2O4S/c1-9-8-18-16(24-9)13(10-6-7-10)19-15(20)11-4-3-5-12(17(21)22)14(11)23-2/h3-5,8,10,13H,6-7H2,1-2H3,(H,19,20)(H,21,22). The lowest BCUT2D eigenvalue weighted by atomic mass is 10.1. The average molecular weight is 346 g/mol. The number of nitrogens with one attached hydrogen (secondary N) is 1. The molecule has 2 aromatic rings. The Morgan fingerprint density at radius 2 is 2.08 bits per heavy atom. The van der Waals surface area contributed by atoms with Gasteiger partial charge in [0, 0.05) is 11.1 Å². The summed E-state index contributed by atoms with van der Waals surface area (Å²) < 4.78 is 5.17. The minimum Gasteiger partial charge on any atom is -0.495 e. The van der Waals surface area contributed by atoms with Crippen LogP contribution in [-0.4, -0.2) is 29.1 Å². The van der Waals surface area contributed by atoms with Crippen LogP contribution in [0.15, 0.2) is 24.4 Å². The first-order chi connectivity index (χ1) is 11.5. The molecule has 1 heterocycles. The van der Waals surface area contributed by atoms with E-state index in [4.69, 9.17) is 4.74 Å². The SMILES string of the molecule is COc1c(C(=O)O)cccc1C(=O)NC(c1ncc(C)s1)C1CC1. The Balaban J connectivity index is 1.88. The molecule has 1 aliphatic rings. The van der Waals surface area contributed by atoms with Crippen molar-refractivity contribution in [2.45, 2.75) is 25.8 Å². The highest BCUT2D eigenvalue weighted by Gasteiger charge is 2.36. The molecule has 1 unspecified atom stereocenters. The van der Waals surface area contributed by atoms with Crippen LogP contribution in [0.25, 0.3) is 0 Å². The van der Waals surface area contributed by atoms with Gasteiger partial charge in [-0.1, -0.05) is 6.07 Å². The maximum Gasteiger partial charge on any atom is 0.339 e. The van der Waals surface area contributed by atoms with Gasteiger partial charge in [0.2, 0.25) is 0 Å². The fourth-order valence-electron chi connectivity index (χ4n) is 2.65. The van der Waals surface area contributed by atoms with Crippen LogP contribution in [0.4, 0.5) is 0 Å². The van der Waals surface area contributed by atoms with E-state index in [0.29, 0.717) is 5.92 Å². The number of aromatic carboxylic acids is 1. The summed E-state index contributed by atoms with van der Waals surface area (Å²) in [6.45, 7) is 1.98. The van der Waals surface area contributed by atoms with Crippen molar-refractivity contribution in [2.24, 2.45) is 5.92 Å². The van der Waals surface area contributed by atoms with E-state index in [9.17, 15) is 14.7 Å². The fourth-order valence-corrected chi connectivity index (χ4v) is 3.57. The number of carbonyl (C=O) groups is 2. The minimum absolute atomic E-state index is 0.0294. The highest BCUT2D eigenvalue weighted by atomic mass is 32.1. The molecule has 1 fully saturated rings. The van der Waals surface area contributed by atoms with Crippen molar-refractivity contribution in [3.8, 4) is 5.75 Å². The average Bonchev–Trinajstić information content (AvgIpc) is 3.32. The van der Waals surface area contributed by atoms with E-state index in [0.717, 1.165) is 22.7 Å². The summed E-state index contributed by atoms with van der Waals surface area (Å²) in [7, 11) is 1.36. The second-order valence-electron chi connectivity index (χ2n) is 5.79. The molecule has 1 saturated carbocycles. The van der Waals surface area contributed by atoms with Crippen LogP contribution in [0.1, 0.15) is 49.5 Å². The Morgan fingerprint density at radius 3 is 2.62 bits per heavy atom. The molecule has 1 atom stereocenters. The van der Waals surface area contributed by atoms with Crippen LogP contribution in [0.5, 0.6) is 5.75 Å². The molecule has 7 heteroatoms. The fraction of sp³-hybridized carbons (Fsp3) is 0.353. The number of methoxy groups -OCH3 is 1. The van der Waals surface area contributed by atoms with E-state index in [1.165, 1.54) is 13.2 Å². The number of hydrogen-bond acceptors (Lipinski definition) is 5. The van der Waals surface area contributed by atoms with Crippen LogP contribution < -0.4 is 10.1 Å². The number of hydrogen-bond donors (Lipinski definition) is 2. The van der Waals surface area contributed by atoms with Gasteiger partial charge in [-0.15, -0.1) is 11.3 Å². The molecule has 1 aromatic carbocycles. The number of benzene rings is 1. The van der Waals surface area contributed by atoms with E-state index in [-0.39, 0.29) is 28.8 Å². The molecule has 126 valence electrons. The Morgan fingerprint density at radius 1 is 1.38 bits per heavy atom. The third kappa shape index (κ3) is 3.26. The van der Waals surface area contributed by atoms with Crippen LogP contribution in [0.3, 0.4) is 0 Å². The van der Waals surface area contributed by atoms with Gasteiger partial charge in [0.15, 0.2) is 0 Å². The number of rotatable bonds is 6. The molecule has 3 rings (SSSR count). The zero-order valence-corrected chi connectivity index (χ0v) is 14.2. The lowest BCUT2D eigenvalue weighted by Gasteiger charge is -2.17. The van der Waals surface area contributed by atoms with Crippen molar-refractivity contribution in [3.05, 3.63) is 45.4 Å². The molecule has 0 aliphatic heterocycles. The Labute approximate surface area is 143 Å². The van der Waals surface area contributed by atoms with Gasteiger partial charge >= 0.3 is 5.97 Å². The number of carboxylic acid groups (broad SMARTS) is 1. The summed E-state index contributed by atoms with van der Waals surface area (Å²) in [5.41, 5.74) is 0.189. The van der Waals surface area contributed by atoms with E-state index < -0.39 is 5.97 Å². The molecule has 1 aromatic heterocycles. The quantitative estimate of drug-likeness (QED) is 0.839. The molecular formula is C17H18N2O4S. The number of nitrogens with zero attached hydrogens (tertiary/aromatic N) is 1. The highest BCUT2D eigenvalue weighted by Crippen LogP contribution is 2.42. The molecule has 0 bridgehead atoms. The second-order valence-corrected chi connectivity index (χ2v) is 7.06. The van der Waals surface area contributed by atoms with Gasteiger partial charge in [0.1, 0.15) is 16.3 Å². The number of aromatic nitrogens is 1. The zero-order chi connectivity index (χ0) is 17.3. The van der Waals surface area contributed by atoms with Gasteiger partial charge in [0.25, 0.3) is 5.91 Å². The summed E-state index contributed by atoms with van der Waals surface area (Å²) in [6.07, 6.45) is 3.90. The van der Waals surface area contributed by atoms with Gasteiger partial charge in [-0.05, 0) is 37.8 Å². The van der Waals surface area contributed by atoms with Gasteiger partial charge in [0.05, 0.1) is 18.7 Å². The zero-order valence-electron chi connectivity index (χ0n) is 13.4. The van der Waals surface area contributed by atoms with Crippen LogP contribution in [0.2, 0.25) is 0 Å². The van der Waals surface area contributed by atoms with Crippen LogP contribution in [-0.2, 0) is 0 Å². The number of carbonyl (C=O) groups excluding carboxylic acids is 1. The lowest BCUT2D eigenvalue weighted by Crippen LogP contribution is -2.30. The Bertz CT molecular complexity index is 783. The molecular weight excluding hydrogens is 328 g/mol. The summed E-state index contributed by atoms with van der Waals surface area (Å²) in [5, 5.41) is 13.1. The lowest BCUT2D eigenvalue weighted by molar-refractivity contribution is 0.0693. The summed E-state index contributed by atoms with van der Waals surface area (Å²) in [4.78, 5) is 29.5. The van der Waals surface area contributed by atoms with Crippen LogP contribution >= 0.6 is 11.3 Å². The van der Waals surface area contributed by atoms with E-state index in [1.807, 2.05) is 6.92 Å². The molecule has 0 spiro atoms. The topological polar surface area (TPSA) is 88.5 Å². The molecule has 2 N–H and O–H groups in total. The predicted molar refractivity (Wildman–Crippen MR) is 89.7 cm³/mol. The normalized spacial score (nSPS) is 14.9. The number of ether oxygens (including phenoxy) is 1. The molecule has 6 nitrogen and oxygen atoms in total. The van der Waals surface area contributed by atoms with Crippen LogP contribution in [0, 0.1) is 12.8 Å². The summed E-state index contributed by atoms with van der Waals surface area (Å²) in [6, 6.07) is 4.38.